The Morgan fingerprint density at radius 2 is 1.19 bits per heavy atom. The van der Waals surface area contributed by atoms with Gasteiger partial charge in [-0.05, 0) is 51.2 Å². The number of allylic oxidation sites excluding steroid dienone is 5. The van der Waals surface area contributed by atoms with Gasteiger partial charge in [0.25, 0.3) is 0 Å². The normalized spacial score (nSPS) is 17.4. The topological polar surface area (TPSA) is 99.5 Å². The minimum atomic E-state index is -0.0725. The molecule has 2 aliphatic rings. The summed E-state index contributed by atoms with van der Waals surface area (Å²) in [7, 11) is -0.0725. The van der Waals surface area contributed by atoms with Crippen LogP contribution in [0.1, 0.15) is 39.7 Å². The minimum Gasteiger partial charge on any atom is 0 e. The Balaban J connectivity index is -0.000000293. The first-order valence-electron chi connectivity index (χ1n) is 8.46. The molecule has 0 saturated carbocycles. The van der Waals surface area contributed by atoms with Gasteiger partial charge in [0.05, 0.1) is 0 Å². The molecule has 0 saturated heterocycles. The molecule has 5 nitrogen and oxygen atoms in total. The van der Waals surface area contributed by atoms with Gasteiger partial charge in [0.1, 0.15) is 0 Å². The summed E-state index contributed by atoms with van der Waals surface area (Å²) >= 11 is 0. The van der Waals surface area contributed by atoms with Crippen molar-refractivity contribution in [2.45, 2.75) is 39.8 Å². The van der Waals surface area contributed by atoms with Crippen molar-refractivity contribution in [2.24, 2.45) is 0 Å². The molecule has 0 aliphatic carbocycles. The maximum absolute atomic E-state index is 7.50. The molecule has 0 amide bonds. The number of hydrogen-bond acceptors (Lipinski definition) is 0. The Labute approximate surface area is 200 Å². The molecule has 2 aliphatic heterocycles. The van der Waals surface area contributed by atoms with Crippen LogP contribution in [0.15, 0.2) is 58.7 Å². The summed E-state index contributed by atoms with van der Waals surface area (Å²) in [6.45, 7) is 31.8. The summed E-state index contributed by atoms with van der Waals surface area (Å²) in [6, 6.07) is 11.0. The summed E-state index contributed by atoms with van der Waals surface area (Å²) in [5.41, 5.74) is 8.57. The Hall–Kier alpha value is -1.74. The molecule has 0 fully saturated rings. The Morgan fingerprint density at radius 1 is 0.742 bits per heavy atom. The zero-order valence-electron chi connectivity index (χ0n) is 17.9. The van der Waals surface area contributed by atoms with E-state index in [1.54, 1.807) is 22.0 Å². The molecule has 0 aromatic heterocycles. The first kappa shape index (κ1) is 36.6. The van der Waals surface area contributed by atoms with Crippen molar-refractivity contribution in [3.05, 3.63) is 97.5 Å². The predicted octanol–water partition coefficient (Wildman–Crippen LogP) is 5.78. The molecule has 2 heterocycles. The van der Waals surface area contributed by atoms with Crippen LogP contribution < -0.4 is 0 Å². The molecule has 7 heteroatoms. The van der Waals surface area contributed by atoms with Crippen LogP contribution in [0.25, 0.3) is 5.31 Å². The number of benzene rings is 1. The van der Waals surface area contributed by atoms with E-state index < -0.39 is 0 Å². The van der Waals surface area contributed by atoms with Crippen LogP contribution in [0.5, 0.6) is 0 Å². The van der Waals surface area contributed by atoms with Gasteiger partial charge in [-0.15, -0.1) is 0 Å². The second-order valence-corrected chi connectivity index (χ2v) is 8.53. The fraction of sp³-hybridized carbons (Fsp3) is 0.292. The van der Waals surface area contributed by atoms with Crippen LogP contribution >= 0.6 is 7.92 Å². The van der Waals surface area contributed by atoms with Gasteiger partial charge in [0, 0.05) is 26.7 Å². The average molecular weight is 606 g/mol. The fourth-order valence-corrected chi connectivity index (χ4v) is 6.75. The molecular weight excluding hydrogens is 583 g/mol. The largest absolute Gasteiger partial charge is 0 e. The van der Waals surface area contributed by atoms with E-state index in [1.807, 2.05) is 0 Å². The molecule has 0 bridgehead atoms. The molecule has 1 aromatic carbocycles. The summed E-state index contributed by atoms with van der Waals surface area (Å²) in [4.78, 5) is 0. The zero-order valence-corrected chi connectivity index (χ0v) is 21.7. The number of fused-ring (bicyclic) bond motifs is 1. The van der Waals surface area contributed by atoms with Crippen LogP contribution in [-0.4, -0.2) is 11.8 Å². The monoisotopic (exact) mass is 606 g/mol. The van der Waals surface area contributed by atoms with Crippen molar-refractivity contribution in [1.29, 1.82) is 0 Å². The van der Waals surface area contributed by atoms with Gasteiger partial charge >= 0.3 is 56.5 Å². The van der Waals surface area contributed by atoms with Crippen LogP contribution in [0.3, 0.4) is 0 Å². The van der Waals surface area contributed by atoms with E-state index in [9.17, 15) is 0 Å². The third-order valence-electron chi connectivity index (χ3n) is 4.87. The van der Waals surface area contributed by atoms with Crippen molar-refractivity contribution >= 4 is 13.2 Å². The Bertz CT molecular complexity index is 807. The number of rotatable bonds is 1. The van der Waals surface area contributed by atoms with Gasteiger partial charge in [0.2, 0.25) is 0 Å². The van der Waals surface area contributed by atoms with Crippen LogP contribution in [0.4, 0.5) is 0 Å². The summed E-state index contributed by atoms with van der Waals surface area (Å²) in [6.07, 6.45) is 5.02. The second kappa shape index (κ2) is 22.9. The molecule has 1 aromatic rings. The number of hydrogen-bond donors (Lipinski definition) is 0. The van der Waals surface area contributed by atoms with Crippen molar-refractivity contribution in [3.8, 4) is 0 Å². The van der Waals surface area contributed by atoms with Gasteiger partial charge in [-0.2, -0.15) is 0 Å². The SMILES string of the molecule is CC1=C(C)C2CC(C)=C(C)CP2C(c2ccccc2)=C1.[C-]#[O+].[C-]#[O+].[C-]#[O+].[C-]#[O+].[C-]#[O+].[W]. The smallest absolute Gasteiger partial charge is 0 e. The molecule has 0 radical (unpaired) electrons. The second-order valence-electron chi connectivity index (χ2n) is 6.17. The first-order chi connectivity index (χ1) is 14.6. The van der Waals surface area contributed by atoms with Crippen LogP contribution in [0, 0.1) is 33.3 Å². The zero-order chi connectivity index (χ0) is 24.3. The van der Waals surface area contributed by atoms with Crippen molar-refractivity contribution in [2.75, 3.05) is 6.16 Å². The molecule has 0 spiro atoms. The molecule has 31 heavy (non-hydrogen) atoms. The molecule has 2 unspecified atom stereocenters. The molecular formula is C24H23O5PW. The van der Waals surface area contributed by atoms with E-state index in [0.717, 1.165) is 5.66 Å². The van der Waals surface area contributed by atoms with E-state index in [-0.39, 0.29) is 29.0 Å². The minimum absolute atomic E-state index is 0. The molecule has 2 atom stereocenters. The van der Waals surface area contributed by atoms with E-state index in [4.69, 9.17) is 23.3 Å². The first-order valence-corrected chi connectivity index (χ1v) is 10.1. The summed E-state index contributed by atoms with van der Waals surface area (Å²) < 4.78 is 37.5. The summed E-state index contributed by atoms with van der Waals surface area (Å²) in [5.74, 6) is 0. The van der Waals surface area contributed by atoms with E-state index in [1.165, 1.54) is 23.7 Å². The van der Waals surface area contributed by atoms with E-state index >= 15 is 0 Å². The van der Waals surface area contributed by atoms with Crippen LogP contribution in [0.2, 0.25) is 0 Å². The quantitative estimate of drug-likeness (QED) is 0.168. The standard InChI is InChI=1S/C19H23P.5CO.W/c1-13-10-18-16(4)14(2)11-19(20(18)12-15(13)3)17-8-6-5-7-9-17;5*1-2;/h5-9,11,18H,10,12H2,1-4H3;;;;;;. The van der Waals surface area contributed by atoms with Gasteiger partial charge < -0.3 is 0 Å². The average Bonchev–Trinajstić information content (AvgIpc) is 2.84. The van der Waals surface area contributed by atoms with Gasteiger partial charge in [-0.1, -0.05) is 66.6 Å². The van der Waals surface area contributed by atoms with E-state index in [0.29, 0.717) is 0 Å². The molecule has 160 valence electrons. The van der Waals surface area contributed by atoms with Crippen LogP contribution in [-0.2, 0) is 44.3 Å². The van der Waals surface area contributed by atoms with Crippen molar-refractivity contribution in [1.82, 2.24) is 0 Å². The molecule has 0 N–H and O–H groups in total. The maximum atomic E-state index is 7.50. The van der Waals surface area contributed by atoms with Crippen molar-refractivity contribution < 1.29 is 44.3 Å². The van der Waals surface area contributed by atoms with Gasteiger partial charge in [-0.25, -0.2) is 0 Å². The maximum Gasteiger partial charge on any atom is 0 e. The fourth-order valence-electron chi connectivity index (χ4n) is 3.24. The third-order valence-corrected chi connectivity index (χ3v) is 8.01. The predicted molar refractivity (Wildman–Crippen MR) is 111 cm³/mol. The Kier molecular flexibility index (Phi) is 27.1. The van der Waals surface area contributed by atoms with Gasteiger partial charge in [0.15, 0.2) is 0 Å². The summed E-state index contributed by atoms with van der Waals surface area (Å²) in [5, 5.41) is 1.61. The van der Waals surface area contributed by atoms with E-state index in [2.05, 4.69) is 97.4 Å². The van der Waals surface area contributed by atoms with Crippen molar-refractivity contribution in [3.63, 3.8) is 0 Å². The molecule has 3 rings (SSSR count). The van der Waals surface area contributed by atoms with Gasteiger partial charge in [-0.3, -0.25) is 0 Å². The third kappa shape index (κ3) is 10.9. The Morgan fingerprint density at radius 3 is 1.65 bits per heavy atom.